The Labute approximate surface area is 380 Å². The summed E-state index contributed by atoms with van der Waals surface area (Å²) in [6.07, 6.45) is 9.13. The third-order valence-corrected chi connectivity index (χ3v) is 13.1. The zero-order chi connectivity index (χ0) is 45.0. The Morgan fingerprint density at radius 2 is 1.30 bits per heavy atom. The Balaban J connectivity index is 0.840. The molecule has 4 fully saturated rings. The fourth-order valence-electron chi connectivity index (χ4n) is 9.77. The number of benzene rings is 3. The summed E-state index contributed by atoms with van der Waals surface area (Å²) in [6.45, 7) is 4.79. The number of aromatic nitrogens is 6. The van der Waals surface area contributed by atoms with Crippen molar-refractivity contribution in [2.45, 2.75) is 88.1 Å². The number of morpholine rings is 2. The van der Waals surface area contributed by atoms with Crippen molar-refractivity contribution >= 4 is 44.9 Å². The molecular weight excluding hydrogens is 854 g/mol. The summed E-state index contributed by atoms with van der Waals surface area (Å²) in [6, 6.07) is 17.6. The number of methoxy groups -OCH3 is 1. The zero-order valence-corrected chi connectivity index (χ0v) is 36.8. The molecule has 4 aliphatic rings. The van der Waals surface area contributed by atoms with E-state index in [4.69, 9.17) is 28.7 Å². The van der Waals surface area contributed by atoms with E-state index in [1.54, 1.807) is 31.9 Å². The first kappa shape index (κ1) is 43.6. The molecule has 0 bridgehead atoms. The van der Waals surface area contributed by atoms with Gasteiger partial charge in [-0.25, -0.2) is 19.9 Å². The zero-order valence-electron chi connectivity index (χ0n) is 36.8. The topological polar surface area (TPSA) is 145 Å². The summed E-state index contributed by atoms with van der Waals surface area (Å²) in [4.78, 5) is 33.2. The average molecular weight is 907 g/mol. The number of ether oxygens (including phenoxy) is 5. The predicted octanol–water partition coefficient (Wildman–Crippen LogP) is 8.09. The van der Waals surface area contributed by atoms with Crippen molar-refractivity contribution in [3.63, 3.8) is 0 Å². The van der Waals surface area contributed by atoms with Crippen LogP contribution >= 0.6 is 0 Å². The summed E-state index contributed by atoms with van der Waals surface area (Å²) in [5.74, 6) is 2.36. The number of halogens is 3. The average Bonchev–Trinajstić information content (AvgIpc) is 3.35. The fraction of sp³-hybridized carbons (Fsp3) is 0.458. The molecule has 18 heteroatoms. The van der Waals surface area contributed by atoms with Crippen molar-refractivity contribution in [2.75, 3.05) is 73.1 Å². The molecule has 2 saturated heterocycles. The molecular formula is C48H53F3N10O5. The monoisotopic (exact) mass is 906 g/mol. The summed E-state index contributed by atoms with van der Waals surface area (Å²) >= 11 is 0. The van der Waals surface area contributed by atoms with Crippen molar-refractivity contribution in [3.05, 3.63) is 91.4 Å². The Hall–Kier alpha value is -6.27. The summed E-state index contributed by atoms with van der Waals surface area (Å²) in [5, 5.41) is 3.17. The molecule has 10 rings (SSSR count). The van der Waals surface area contributed by atoms with Gasteiger partial charge in [0.05, 0.1) is 56.7 Å². The smallest absolute Gasteiger partial charge is 0.433 e. The van der Waals surface area contributed by atoms with Crippen molar-refractivity contribution in [1.82, 2.24) is 29.9 Å². The van der Waals surface area contributed by atoms with Crippen LogP contribution in [0.1, 0.15) is 57.1 Å². The minimum absolute atomic E-state index is 0.00988. The van der Waals surface area contributed by atoms with Gasteiger partial charge in [-0.3, -0.25) is 9.97 Å². The number of rotatable bonds is 12. The molecule has 1 unspecified atom stereocenters. The quantitative estimate of drug-likeness (QED) is 0.126. The first-order valence-corrected chi connectivity index (χ1v) is 22.8. The van der Waals surface area contributed by atoms with E-state index >= 15 is 0 Å². The maximum atomic E-state index is 13.3. The highest BCUT2D eigenvalue weighted by Gasteiger charge is 2.36. The molecule has 15 nitrogen and oxygen atoms in total. The molecule has 0 radical (unpaired) electrons. The molecule has 3 aromatic carbocycles. The van der Waals surface area contributed by atoms with Crippen LogP contribution in [0, 0.1) is 0 Å². The fourth-order valence-corrected chi connectivity index (χ4v) is 9.77. The number of hydrogen-bond acceptors (Lipinski definition) is 15. The van der Waals surface area contributed by atoms with Crippen LogP contribution in [0.15, 0.2) is 85.7 Å². The minimum Gasteiger partial charge on any atom is -0.497 e. The molecule has 66 heavy (non-hydrogen) atoms. The van der Waals surface area contributed by atoms with Crippen LogP contribution in [0.5, 0.6) is 17.2 Å². The van der Waals surface area contributed by atoms with Crippen LogP contribution in [-0.4, -0.2) is 114 Å². The van der Waals surface area contributed by atoms with E-state index in [-0.39, 0.29) is 36.3 Å². The van der Waals surface area contributed by atoms with E-state index < -0.39 is 11.9 Å². The van der Waals surface area contributed by atoms with Gasteiger partial charge >= 0.3 is 6.18 Å². The summed E-state index contributed by atoms with van der Waals surface area (Å²) in [7, 11) is 1.69. The van der Waals surface area contributed by atoms with Gasteiger partial charge in [-0.2, -0.15) is 13.2 Å². The Kier molecular flexibility index (Phi) is 12.7. The first-order valence-electron chi connectivity index (χ1n) is 22.8. The second kappa shape index (κ2) is 19.3. The van der Waals surface area contributed by atoms with E-state index in [1.165, 1.54) is 0 Å². The van der Waals surface area contributed by atoms with Gasteiger partial charge in [0.25, 0.3) is 0 Å². The van der Waals surface area contributed by atoms with Gasteiger partial charge in [0.15, 0.2) is 0 Å². The van der Waals surface area contributed by atoms with Gasteiger partial charge in [-0.05, 0) is 75.6 Å². The third-order valence-electron chi connectivity index (χ3n) is 13.1. The molecule has 5 heterocycles. The van der Waals surface area contributed by atoms with Crippen LogP contribution in [0.2, 0.25) is 0 Å². The van der Waals surface area contributed by atoms with Crippen molar-refractivity contribution in [1.29, 1.82) is 0 Å². The molecule has 6 aromatic rings. The lowest BCUT2D eigenvalue weighted by molar-refractivity contribution is -0.141. The maximum absolute atomic E-state index is 13.3. The van der Waals surface area contributed by atoms with Crippen LogP contribution in [0.25, 0.3) is 22.1 Å². The van der Waals surface area contributed by atoms with Crippen LogP contribution in [0.4, 0.5) is 36.1 Å². The van der Waals surface area contributed by atoms with Crippen LogP contribution in [0.3, 0.4) is 0 Å². The SMILES string of the molecule is COc1cccc(N(C2CCC(Oc3cc(N4CCOCC4)cc4nccnc34)CC2)C2CN(c3cc(OC4CCC(Nc5cc(C(F)(F)F)ncn5)CC4)c4nccnc4c3)CCO2)c1. The van der Waals surface area contributed by atoms with Gasteiger partial charge in [-0.1, -0.05) is 6.07 Å². The number of alkyl halides is 3. The van der Waals surface area contributed by atoms with E-state index in [0.29, 0.717) is 69.9 Å². The highest BCUT2D eigenvalue weighted by molar-refractivity contribution is 5.86. The van der Waals surface area contributed by atoms with Gasteiger partial charge < -0.3 is 43.7 Å². The molecule has 3 aromatic heterocycles. The van der Waals surface area contributed by atoms with E-state index in [2.05, 4.69) is 81.3 Å². The number of nitrogens with one attached hydrogen (secondary N) is 1. The first-order chi connectivity index (χ1) is 32.2. The Morgan fingerprint density at radius 3 is 1.95 bits per heavy atom. The van der Waals surface area contributed by atoms with E-state index in [1.807, 2.05) is 12.1 Å². The lowest BCUT2D eigenvalue weighted by Gasteiger charge is -2.46. The highest BCUT2D eigenvalue weighted by Crippen LogP contribution is 2.39. The van der Waals surface area contributed by atoms with Gasteiger partial charge in [0, 0.05) is 97.8 Å². The molecule has 2 aliphatic carbocycles. The van der Waals surface area contributed by atoms with Crippen molar-refractivity contribution in [2.24, 2.45) is 0 Å². The van der Waals surface area contributed by atoms with E-state index in [0.717, 1.165) is 96.3 Å². The molecule has 1 N–H and O–H groups in total. The largest absolute Gasteiger partial charge is 0.497 e. The lowest BCUT2D eigenvalue weighted by Crippen LogP contribution is -2.55. The lowest BCUT2D eigenvalue weighted by atomic mass is 9.91. The Bertz CT molecular complexity index is 2610. The standard InChI is InChI=1S/C48H53F3N10O5/c1-62-38-4-2-3-33(23-38)61(32-7-11-37(12-8-32)66-41-26-34(59-17-20-63-21-18-59)24-39-46(41)54-15-13-52-39)45-29-60(19-22-64-45)35-25-40-47(55-16-14-53-40)42(27-35)65-36-9-5-31(6-10-36)58-44-28-43(48(49,50)51)56-30-57-44/h2-4,13-16,23-28,30-32,36-37,45H,5-12,17-22,29H2,1H3,(H,56,57,58). The van der Waals surface area contributed by atoms with Gasteiger partial charge in [0.1, 0.15) is 52.3 Å². The normalized spacial score (nSPS) is 22.8. The summed E-state index contributed by atoms with van der Waals surface area (Å²) < 4.78 is 71.4. The van der Waals surface area contributed by atoms with Crippen LogP contribution in [-0.2, 0) is 15.7 Å². The number of nitrogens with zero attached hydrogens (tertiary/aromatic N) is 9. The molecule has 0 amide bonds. The van der Waals surface area contributed by atoms with Crippen molar-refractivity contribution in [3.8, 4) is 17.2 Å². The van der Waals surface area contributed by atoms with Crippen molar-refractivity contribution < 1.29 is 36.9 Å². The number of hydrogen-bond donors (Lipinski definition) is 1. The van der Waals surface area contributed by atoms with E-state index in [9.17, 15) is 13.2 Å². The molecule has 346 valence electrons. The third kappa shape index (κ3) is 9.79. The van der Waals surface area contributed by atoms with Crippen LogP contribution < -0.4 is 34.2 Å². The highest BCUT2D eigenvalue weighted by atomic mass is 19.4. The van der Waals surface area contributed by atoms with Gasteiger partial charge in [0.2, 0.25) is 0 Å². The number of fused-ring (bicyclic) bond motifs is 2. The number of anilines is 4. The molecule has 2 saturated carbocycles. The second-order valence-corrected chi connectivity index (χ2v) is 17.3. The Morgan fingerprint density at radius 1 is 0.682 bits per heavy atom. The minimum atomic E-state index is -4.54. The second-order valence-electron chi connectivity index (χ2n) is 17.3. The summed E-state index contributed by atoms with van der Waals surface area (Å²) in [5.41, 5.74) is 5.09. The maximum Gasteiger partial charge on any atom is 0.433 e. The predicted molar refractivity (Wildman–Crippen MR) is 244 cm³/mol. The van der Waals surface area contributed by atoms with Gasteiger partial charge in [-0.15, -0.1) is 0 Å². The molecule has 2 aliphatic heterocycles. The molecule has 1 atom stereocenters. The molecule has 0 spiro atoms.